The van der Waals surface area contributed by atoms with E-state index in [-0.39, 0.29) is 5.82 Å². The SMILES string of the molecule is C=CCCC(C/C=C\CCC1(c2ccc(F)cc2)CC1)C(=C)NC. The van der Waals surface area contributed by atoms with Gasteiger partial charge in [0.2, 0.25) is 0 Å². The van der Waals surface area contributed by atoms with Crippen LogP contribution < -0.4 is 5.32 Å². The number of benzene rings is 1. The first-order valence-electron chi connectivity index (χ1n) is 9.00. The highest BCUT2D eigenvalue weighted by molar-refractivity contribution is 5.31. The zero-order valence-electron chi connectivity index (χ0n) is 14.9. The van der Waals surface area contributed by atoms with Crippen LogP contribution in [0.25, 0.3) is 0 Å². The summed E-state index contributed by atoms with van der Waals surface area (Å²) in [4.78, 5) is 0. The molecular formula is C22H30FN. The van der Waals surface area contributed by atoms with Crippen LogP contribution in [0.2, 0.25) is 0 Å². The van der Waals surface area contributed by atoms with Gasteiger partial charge in [-0.3, -0.25) is 0 Å². The Bertz CT molecular complexity index is 566. The number of hydrogen-bond acceptors (Lipinski definition) is 1. The molecule has 0 radical (unpaired) electrons. The van der Waals surface area contributed by atoms with E-state index in [0.717, 1.165) is 37.8 Å². The summed E-state index contributed by atoms with van der Waals surface area (Å²) in [5.74, 6) is 0.320. The van der Waals surface area contributed by atoms with Crippen molar-refractivity contribution in [3.8, 4) is 0 Å². The van der Waals surface area contributed by atoms with Gasteiger partial charge in [0, 0.05) is 18.7 Å². The van der Waals surface area contributed by atoms with E-state index in [4.69, 9.17) is 0 Å². The summed E-state index contributed by atoms with van der Waals surface area (Å²) in [7, 11) is 1.94. The van der Waals surface area contributed by atoms with E-state index in [1.54, 1.807) is 12.1 Å². The van der Waals surface area contributed by atoms with Crippen molar-refractivity contribution < 1.29 is 4.39 Å². The fourth-order valence-corrected chi connectivity index (χ4v) is 3.33. The van der Waals surface area contributed by atoms with Crippen molar-refractivity contribution in [2.24, 2.45) is 5.92 Å². The van der Waals surface area contributed by atoms with Crippen LogP contribution in [0.5, 0.6) is 0 Å². The average Bonchev–Trinajstić information content (AvgIpc) is 3.38. The van der Waals surface area contributed by atoms with Gasteiger partial charge in [0.05, 0.1) is 0 Å². The summed E-state index contributed by atoms with van der Waals surface area (Å²) in [6.07, 6.45) is 14.4. The third-order valence-corrected chi connectivity index (χ3v) is 5.22. The average molecular weight is 327 g/mol. The zero-order chi connectivity index (χ0) is 17.4. The predicted molar refractivity (Wildman–Crippen MR) is 101 cm³/mol. The van der Waals surface area contributed by atoms with Crippen LogP contribution in [0.3, 0.4) is 0 Å². The van der Waals surface area contributed by atoms with Gasteiger partial charge in [-0.05, 0) is 68.1 Å². The first-order chi connectivity index (χ1) is 11.6. The first kappa shape index (κ1) is 18.5. The topological polar surface area (TPSA) is 12.0 Å². The Labute approximate surface area is 146 Å². The maximum absolute atomic E-state index is 13.1. The number of hydrogen-bond donors (Lipinski definition) is 1. The van der Waals surface area contributed by atoms with Gasteiger partial charge >= 0.3 is 0 Å². The number of halogens is 1. The molecule has 1 fully saturated rings. The highest BCUT2D eigenvalue weighted by Gasteiger charge is 2.43. The molecule has 1 aromatic carbocycles. The van der Waals surface area contributed by atoms with E-state index in [1.807, 2.05) is 25.3 Å². The van der Waals surface area contributed by atoms with Crippen LogP contribution in [0, 0.1) is 11.7 Å². The van der Waals surface area contributed by atoms with Crippen LogP contribution in [0.4, 0.5) is 4.39 Å². The molecule has 2 heteroatoms. The molecule has 1 atom stereocenters. The first-order valence-corrected chi connectivity index (χ1v) is 9.00. The fraction of sp³-hybridized carbons (Fsp3) is 0.455. The molecule has 0 aromatic heterocycles. The molecule has 1 N–H and O–H groups in total. The van der Waals surface area contributed by atoms with Gasteiger partial charge in [0.25, 0.3) is 0 Å². The maximum atomic E-state index is 13.1. The Kier molecular flexibility index (Phi) is 6.84. The molecule has 0 amide bonds. The lowest BCUT2D eigenvalue weighted by Crippen LogP contribution is -2.14. The molecule has 24 heavy (non-hydrogen) atoms. The number of allylic oxidation sites excluding steroid dienone is 4. The summed E-state index contributed by atoms with van der Waals surface area (Å²) in [5.41, 5.74) is 2.70. The Hall–Kier alpha value is -1.83. The lowest BCUT2D eigenvalue weighted by atomic mass is 9.90. The van der Waals surface area contributed by atoms with Crippen LogP contribution >= 0.6 is 0 Å². The Balaban J connectivity index is 1.80. The maximum Gasteiger partial charge on any atom is 0.123 e. The summed E-state index contributed by atoms with van der Waals surface area (Å²) < 4.78 is 13.1. The molecule has 0 aliphatic heterocycles. The van der Waals surface area contributed by atoms with Crippen molar-refractivity contribution in [2.75, 3.05) is 7.05 Å². The van der Waals surface area contributed by atoms with E-state index in [9.17, 15) is 4.39 Å². The van der Waals surface area contributed by atoms with Crippen LogP contribution in [0.15, 0.2) is 61.3 Å². The fourth-order valence-electron chi connectivity index (χ4n) is 3.33. The quantitative estimate of drug-likeness (QED) is 0.499. The van der Waals surface area contributed by atoms with Crippen LogP contribution in [-0.2, 0) is 5.41 Å². The summed E-state index contributed by atoms with van der Waals surface area (Å²) in [6.45, 7) is 7.92. The van der Waals surface area contributed by atoms with Crippen molar-refractivity contribution in [3.63, 3.8) is 0 Å². The van der Waals surface area contributed by atoms with Crippen molar-refractivity contribution >= 4 is 0 Å². The lowest BCUT2D eigenvalue weighted by Gasteiger charge is -2.17. The van der Waals surface area contributed by atoms with Gasteiger partial charge in [-0.2, -0.15) is 0 Å². The minimum absolute atomic E-state index is 0.148. The highest BCUT2D eigenvalue weighted by Crippen LogP contribution is 2.51. The smallest absolute Gasteiger partial charge is 0.123 e. The molecule has 0 saturated heterocycles. The van der Waals surface area contributed by atoms with Crippen molar-refractivity contribution in [1.82, 2.24) is 5.32 Å². The normalized spacial score (nSPS) is 16.8. The second-order valence-electron chi connectivity index (χ2n) is 6.87. The van der Waals surface area contributed by atoms with Gasteiger partial charge < -0.3 is 5.32 Å². The minimum Gasteiger partial charge on any atom is -0.392 e. The Morgan fingerprint density at radius 1 is 1.25 bits per heavy atom. The van der Waals surface area contributed by atoms with Crippen LogP contribution in [-0.4, -0.2) is 7.05 Å². The second-order valence-corrected chi connectivity index (χ2v) is 6.87. The number of rotatable bonds is 11. The molecule has 1 nitrogen and oxygen atoms in total. The minimum atomic E-state index is -0.148. The summed E-state index contributed by atoms with van der Waals surface area (Å²) >= 11 is 0. The van der Waals surface area contributed by atoms with E-state index < -0.39 is 0 Å². The predicted octanol–water partition coefficient (Wildman–Crippen LogP) is 5.90. The standard InChI is InChI=1S/C22H30FN/c1-4-5-9-19(18(2)24-3)10-7-6-8-15-22(16-17-22)20-11-13-21(23)14-12-20/h4,6-7,11-14,19,24H,1-2,5,8-10,15-17H2,3H3/b7-6-. The van der Waals surface area contributed by atoms with E-state index in [2.05, 4.69) is 30.6 Å². The third kappa shape index (κ3) is 5.09. The third-order valence-electron chi connectivity index (χ3n) is 5.22. The Morgan fingerprint density at radius 2 is 1.96 bits per heavy atom. The van der Waals surface area contributed by atoms with Crippen molar-refractivity contribution in [1.29, 1.82) is 0 Å². The monoisotopic (exact) mass is 327 g/mol. The molecule has 130 valence electrons. The summed E-state index contributed by atoms with van der Waals surface area (Å²) in [5, 5.41) is 3.18. The molecule has 1 saturated carbocycles. The number of nitrogens with one attached hydrogen (secondary N) is 1. The van der Waals surface area contributed by atoms with Crippen molar-refractivity contribution in [3.05, 3.63) is 72.7 Å². The molecule has 0 spiro atoms. The molecule has 1 unspecified atom stereocenters. The van der Waals surface area contributed by atoms with E-state index in [1.165, 1.54) is 18.4 Å². The second kappa shape index (κ2) is 8.86. The summed E-state index contributed by atoms with van der Waals surface area (Å²) in [6, 6.07) is 7.07. The van der Waals surface area contributed by atoms with Gasteiger partial charge in [-0.25, -0.2) is 4.39 Å². The molecule has 1 aliphatic carbocycles. The molecule has 2 rings (SSSR count). The molecule has 0 bridgehead atoms. The van der Waals surface area contributed by atoms with Crippen LogP contribution in [0.1, 0.15) is 50.5 Å². The van der Waals surface area contributed by atoms with E-state index >= 15 is 0 Å². The van der Waals surface area contributed by atoms with Crippen molar-refractivity contribution in [2.45, 2.75) is 50.4 Å². The molecule has 1 aromatic rings. The largest absolute Gasteiger partial charge is 0.392 e. The van der Waals surface area contributed by atoms with Gasteiger partial charge in [-0.1, -0.05) is 36.9 Å². The molecular weight excluding hydrogens is 297 g/mol. The van der Waals surface area contributed by atoms with Gasteiger partial charge in [0.15, 0.2) is 0 Å². The van der Waals surface area contributed by atoms with Gasteiger partial charge in [-0.15, -0.1) is 6.58 Å². The zero-order valence-corrected chi connectivity index (χ0v) is 14.9. The van der Waals surface area contributed by atoms with Gasteiger partial charge in [0.1, 0.15) is 5.82 Å². The lowest BCUT2D eigenvalue weighted by molar-refractivity contribution is 0.544. The Morgan fingerprint density at radius 3 is 2.54 bits per heavy atom. The van der Waals surface area contributed by atoms with E-state index in [0.29, 0.717) is 11.3 Å². The molecule has 1 aliphatic rings. The highest BCUT2D eigenvalue weighted by atomic mass is 19.1. The molecule has 0 heterocycles.